The van der Waals surface area contributed by atoms with E-state index in [0.717, 1.165) is 5.56 Å². The second-order valence-corrected chi connectivity index (χ2v) is 6.11. The molecule has 0 N–H and O–H groups in total. The van der Waals surface area contributed by atoms with E-state index in [9.17, 15) is 9.18 Å². The first-order chi connectivity index (χ1) is 9.68. The summed E-state index contributed by atoms with van der Waals surface area (Å²) < 4.78 is 14.8. The van der Waals surface area contributed by atoms with E-state index in [1.807, 2.05) is 41.8 Å². The first-order valence-electron chi connectivity index (χ1n) is 6.66. The zero-order valence-corrected chi connectivity index (χ0v) is 12.0. The summed E-state index contributed by atoms with van der Waals surface area (Å²) in [6.45, 7) is 0. The lowest BCUT2D eigenvalue weighted by Gasteiger charge is -2.27. The Labute approximate surface area is 121 Å². The van der Waals surface area contributed by atoms with Gasteiger partial charge in [0.05, 0.1) is 6.04 Å². The third-order valence-corrected chi connectivity index (χ3v) is 4.92. The molecule has 1 fully saturated rings. The van der Waals surface area contributed by atoms with Crippen LogP contribution in [0, 0.1) is 0 Å². The summed E-state index contributed by atoms with van der Waals surface area (Å²) in [5.41, 5.74) is 1.04. The molecule has 1 aromatic heterocycles. The van der Waals surface area contributed by atoms with Gasteiger partial charge in [0.15, 0.2) is 6.17 Å². The van der Waals surface area contributed by atoms with E-state index in [0.29, 0.717) is 11.3 Å². The fourth-order valence-electron chi connectivity index (χ4n) is 2.92. The Hall–Kier alpha value is -1.68. The van der Waals surface area contributed by atoms with Crippen molar-refractivity contribution in [3.8, 4) is 0 Å². The van der Waals surface area contributed by atoms with Gasteiger partial charge in [-0.15, -0.1) is 11.3 Å². The third kappa shape index (κ3) is 2.24. The lowest BCUT2D eigenvalue weighted by Crippen LogP contribution is -2.34. The summed E-state index contributed by atoms with van der Waals surface area (Å²) in [5, 5.41) is 1.87. The monoisotopic (exact) mass is 289 g/mol. The molecule has 3 rings (SSSR count). The molecule has 1 aromatic carbocycles. The van der Waals surface area contributed by atoms with Crippen LogP contribution < -0.4 is 0 Å². The molecule has 1 aliphatic heterocycles. The van der Waals surface area contributed by atoms with Crippen molar-refractivity contribution in [3.05, 3.63) is 58.3 Å². The second-order valence-electron chi connectivity index (χ2n) is 5.13. The molecule has 0 saturated carbocycles. The van der Waals surface area contributed by atoms with Crippen molar-refractivity contribution < 1.29 is 9.18 Å². The molecule has 0 aliphatic carbocycles. The first kappa shape index (κ1) is 13.3. The van der Waals surface area contributed by atoms with Gasteiger partial charge in [-0.05, 0) is 17.0 Å². The number of thiophene rings is 1. The van der Waals surface area contributed by atoms with E-state index < -0.39 is 12.2 Å². The number of rotatable bonds is 3. The minimum absolute atomic E-state index is 0.0167. The van der Waals surface area contributed by atoms with Crippen molar-refractivity contribution in [2.24, 2.45) is 0 Å². The Bertz CT molecular complexity index is 584. The molecule has 2 heterocycles. The molecule has 0 unspecified atom stereocenters. The predicted molar refractivity (Wildman–Crippen MR) is 78.5 cm³/mol. The maximum Gasteiger partial charge on any atom is 0.223 e. The zero-order valence-electron chi connectivity index (χ0n) is 11.2. The van der Waals surface area contributed by atoms with E-state index >= 15 is 0 Å². The SMILES string of the molecule is CN1C(=O)C[C@H](c2ccccc2)[C@@H]1[C@H](F)c1cccs1. The molecule has 1 amide bonds. The number of carbonyl (C=O) groups is 1. The van der Waals surface area contributed by atoms with Gasteiger partial charge in [-0.3, -0.25) is 4.79 Å². The van der Waals surface area contributed by atoms with Crippen LogP contribution in [-0.2, 0) is 4.79 Å². The van der Waals surface area contributed by atoms with Gasteiger partial charge in [0.1, 0.15) is 0 Å². The minimum Gasteiger partial charge on any atom is -0.339 e. The number of hydrogen-bond acceptors (Lipinski definition) is 2. The molecular weight excluding hydrogens is 273 g/mol. The molecule has 0 bridgehead atoms. The highest BCUT2D eigenvalue weighted by atomic mass is 32.1. The topological polar surface area (TPSA) is 20.3 Å². The quantitative estimate of drug-likeness (QED) is 0.842. The van der Waals surface area contributed by atoms with Crippen molar-refractivity contribution in [2.75, 3.05) is 7.05 Å². The Morgan fingerprint density at radius 3 is 2.65 bits per heavy atom. The third-order valence-electron chi connectivity index (χ3n) is 3.99. The van der Waals surface area contributed by atoms with Gasteiger partial charge in [-0.1, -0.05) is 36.4 Å². The maximum atomic E-state index is 14.8. The highest BCUT2D eigenvalue weighted by Gasteiger charge is 2.44. The molecule has 2 aromatic rings. The van der Waals surface area contributed by atoms with E-state index in [2.05, 4.69) is 0 Å². The number of hydrogen-bond donors (Lipinski definition) is 0. The summed E-state index contributed by atoms with van der Waals surface area (Å²) in [4.78, 5) is 14.3. The maximum absolute atomic E-state index is 14.8. The van der Waals surface area contributed by atoms with Gasteiger partial charge < -0.3 is 4.90 Å². The van der Waals surface area contributed by atoms with Gasteiger partial charge in [-0.25, -0.2) is 4.39 Å². The smallest absolute Gasteiger partial charge is 0.223 e. The molecule has 104 valence electrons. The average Bonchev–Trinajstić information content (AvgIpc) is 3.09. The second kappa shape index (κ2) is 5.37. The highest BCUT2D eigenvalue weighted by molar-refractivity contribution is 7.10. The summed E-state index contributed by atoms with van der Waals surface area (Å²) in [7, 11) is 1.70. The molecule has 0 spiro atoms. The van der Waals surface area contributed by atoms with Crippen molar-refractivity contribution >= 4 is 17.2 Å². The van der Waals surface area contributed by atoms with Crippen LogP contribution >= 0.6 is 11.3 Å². The largest absolute Gasteiger partial charge is 0.339 e. The first-order valence-corrected chi connectivity index (χ1v) is 7.54. The number of alkyl halides is 1. The van der Waals surface area contributed by atoms with Crippen LogP contribution in [0.2, 0.25) is 0 Å². The van der Waals surface area contributed by atoms with Crippen molar-refractivity contribution in [3.63, 3.8) is 0 Å². The normalized spacial score (nSPS) is 24.1. The number of benzene rings is 1. The van der Waals surface area contributed by atoms with Gasteiger partial charge in [0.25, 0.3) is 0 Å². The average molecular weight is 289 g/mol. The molecule has 2 nitrogen and oxygen atoms in total. The molecule has 0 radical (unpaired) electrons. The molecule has 20 heavy (non-hydrogen) atoms. The molecule has 1 aliphatic rings. The number of amides is 1. The van der Waals surface area contributed by atoms with Gasteiger partial charge >= 0.3 is 0 Å². The lowest BCUT2D eigenvalue weighted by molar-refractivity contribution is -0.128. The Morgan fingerprint density at radius 1 is 1.25 bits per heavy atom. The predicted octanol–water partition coefficient (Wildman–Crippen LogP) is 3.77. The standard InChI is InChI=1S/C16H16FNOS/c1-18-14(19)10-12(11-6-3-2-4-7-11)16(18)15(17)13-8-5-9-20-13/h2-9,12,15-16H,10H2,1H3/t12-,15-,16-/m1/s1. The highest BCUT2D eigenvalue weighted by Crippen LogP contribution is 2.42. The minimum atomic E-state index is -1.13. The van der Waals surface area contributed by atoms with Crippen molar-refractivity contribution in [1.29, 1.82) is 0 Å². The van der Waals surface area contributed by atoms with Crippen LogP contribution in [-0.4, -0.2) is 23.9 Å². The van der Waals surface area contributed by atoms with Gasteiger partial charge in [-0.2, -0.15) is 0 Å². The van der Waals surface area contributed by atoms with Crippen LogP contribution in [0.25, 0.3) is 0 Å². The van der Waals surface area contributed by atoms with E-state index in [1.54, 1.807) is 18.0 Å². The Kier molecular flexibility index (Phi) is 3.57. The van der Waals surface area contributed by atoms with Crippen LogP contribution in [0.1, 0.15) is 29.0 Å². The summed E-state index contributed by atoms with van der Waals surface area (Å²) in [5.74, 6) is -0.0612. The van der Waals surface area contributed by atoms with Crippen molar-refractivity contribution in [2.45, 2.75) is 24.6 Å². The van der Waals surface area contributed by atoms with Gasteiger partial charge in [0.2, 0.25) is 5.91 Å². The number of carbonyl (C=O) groups excluding carboxylic acids is 1. The number of halogens is 1. The molecule has 1 saturated heterocycles. The van der Waals surface area contributed by atoms with Crippen LogP contribution in [0.5, 0.6) is 0 Å². The van der Waals surface area contributed by atoms with E-state index in [4.69, 9.17) is 0 Å². The molecule has 3 atom stereocenters. The van der Waals surface area contributed by atoms with Crippen LogP contribution in [0.15, 0.2) is 47.8 Å². The summed E-state index contributed by atoms with van der Waals surface area (Å²) in [6.07, 6.45) is -0.742. The Morgan fingerprint density at radius 2 is 2.00 bits per heavy atom. The fourth-order valence-corrected chi connectivity index (χ4v) is 3.66. The summed E-state index contributed by atoms with van der Waals surface area (Å²) in [6, 6.07) is 13.0. The Balaban J connectivity index is 1.95. The fraction of sp³-hybridized carbons (Fsp3) is 0.312. The van der Waals surface area contributed by atoms with Crippen molar-refractivity contribution in [1.82, 2.24) is 4.90 Å². The number of likely N-dealkylation sites (tertiary alicyclic amines) is 1. The van der Waals surface area contributed by atoms with E-state index in [1.165, 1.54) is 11.3 Å². The van der Waals surface area contributed by atoms with E-state index in [-0.39, 0.29) is 11.8 Å². The number of likely N-dealkylation sites (N-methyl/N-ethyl adjacent to an activating group) is 1. The molecule has 4 heteroatoms. The number of nitrogens with zero attached hydrogens (tertiary/aromatic N) is 1. The van der Waals surface area contributed by atoms with Crippen LogP contribution in [0.4, 0.5) is 4.39 Å². The molecular formula is C16H16FNOS. The lowest BCUT2D eigenvalue weighted by atomic mass is 9.89. The van der Waals surface area contributed by atoms with Crippen LogP contribution in [0.3, 0.4) is 0 Å². The van der Waals surface area contributed by atoms with Gasteiger partial charge in [0, 0.05) is 24.3 Å². The zero-order chi connectivity index (χ0) is 14.1. The summed E-state index contributed by atoms with van der Waals surface area (Å²) >= 11 is 1.41.